The Morgan fingerprint density at radius 3 is 1.46 bits per heavy atom. The molecule has 2 amide bonds. The van der Waals surface area contributed by atoms with Gasteiger partial charge in [0.1, 0.15) is 0 Å². The number of hydrogen-bond acceptors (Lipinski definition) is 5. The van der Waals surface area contributed by atoms with Crippen LogP contribution in [0.2, 0.25) is 0 Å². The predicted molar refractivity (Wildman–Crippen MR) is 193 cm³/mol. The Morgan fingerprint density at radius 2 is 1.08 bits per heavy atom. The number of hydrogen-bond donors (Lipinski definition) is 5. The lowest BCUT2D eigenvalue weighted by atomic mass is 9.98. The number of fused-ring (bicyclic) bond motifs is 8. The van der Waals surface area contributed by atoms with Gasteiger partial charge in [0.25, 0.3) is 0 Å². The molecule has 8 bridgehead atoms. The van der Waals surface area contributed by atoms with Gasteiger partial charge in [0.2, 0.25) is 0 Å². The third-order valence-corrected chi connectivity index (χ3v) is 8.66. The van der Waals surface area contributed by atoms with Gasteiger partial charge in [0, 0.05) is 60.1 Å². The highest BCUT2D eigenvalue weighted by Crippen LogP contribution is 2.38. The van der Waals surface area contributed by atoms with E-state index in [0.717, 1.165) is 78.0 Å². The van der Waals surface area contributed by atoms with Crippen molar-refractivity contribution >= 4 is 74.5 Å². The molecule has 2 aliphatic rings. The van der Waals surface area contributed by atoms with Gasteiger partial charge in [-0.25, -0.2) is 14.8 Å². The molecule has 0 saturated heterocycles. The predicted octanol–water partition coefficient (Wildman–Crippen LogP) is 7.44. The number of carbonyl (C=O) groups excluding carboxylic acids is 1. The largest absolute Gasteiger partial charge is 0.481 e. The minimum atomic E-state index is -0.889. The number of nitrogens with zero attached hydrogens (tertiary/aromatic N) is 3. The van der Waals surface area contributed by atoms with E-state index in [0.29, 0.717) is 24.2 Å². The third-order valence-electron chi connectivity index (χ3n) is 8.66. The number of allylic oxidation sites excluding steroid dienone is 4. The Labute approximate surface area is 279 Å². The number of aryl methyl sites for hydroxylation is 2. The number of carbonyl (C=O) groups is 3. The van der Waals surface area contributed by atoms with E-state index >= 15 is 0 Å². The molecule has 0 fully saturated rings. The molecular formula is C37H42N6O5. The molecule has 3 aromatic heterocycles. The Bertz CT molecular complexity index is 2080. The standard InChI is InChI=1S/C34H34N4O4.C3H8N2O/c1-7-21-17(3)25-13-26-19(5)23(9-11-33(39)40)31(37-26)16-32-24(10-12-34(41)42)20(6)28(38-32)15-30-22(8-2)18(4)27(36-30)14-29(21)35-25;1-5(2)3(4)6/h7-8,13-16,35-36H,1-2,9-12H2,3-6H3,(H,39,40)(H,41,42);1-2H3,(H2,4,6). The highest BCUT2D eigenvalue weighted by Gasteiger charge is 2.22. The number of carboxylic acid groups (broad SMARTS) is 2. The molecular weight excluding hydrogens is 608 g/mol. The van der Waals surface area contributed by atoms with Crippen LogP contribution in [0.4, 0.5) is 4.79 Å². The van der Waals surface area contributed by atoms with E-state index in [1.54, 1.807) is 14.1 Å². The van der Waals surface area contributed by atoms with Gasteiger partial charge >= 0.3 is 18.0 Å². The molecule has 0 aromatic carbocycles. The molecule has 3 aromatic rings. The number of H-pyrrole nitrogens is 2. The first kappa shape index (κ1) is 35.1. The molecule has 0 radical (unpaired) electrons. The summed E-state index contributed by atoms with van der Waals surface area (Å²) in [5.74, 6) is -1.78. The number of nitrogens with two attached hydrogens (primary N) is 1. The van der Waals surface area contributed by atoms with Gasteiger partial charge in [-0.2, -0.15) is 0 Å². The molecule has 0 saturated carbocycles. The average Bonchev–Trinajstić information content (AvgIpc) is 3.68. The normalized spacial score (nSPS) is 12.4. The fraction of sp³-hybridized carbons (Fsp3) is 0.270. The number of urea groups is 1. The van der Waals surface area contributed by atoms with Crippen LogP contribution < -0.4 is 5.73 Å². The van der Waals surface area contributed by atoms with Crippen LogP contribution in [0, 0.1) is 13.8 Å². The summed E-state index contributed by atoms with van der Waals surface area (Å²) in [5, 5.41) is 18.9. The number of carboxylic acids is 2. The number of aliphatic carboxylic acids is 2. The van der Waals surface area contributed by atoms with Gasteiger partial charge in [-0.15, -0.1) is 0 Å². The zero-order valence-corrected chi connectivity index (χ0v) is 28.2. The minimum absolute atomic E-state index is 0.0367. The Morgan fingerprint density at radius 1 is 0.708 bits per heavy atom. The SMILES string of the molecule is C=Cc1c(C)c2cc3[nH]c(cc4nc(cc5nc(cc1[nH]2)C(C)=C5CCC(=O)O)C(CCC(=O)O)=C4C)c(C)c3C=C.CN(C)C(N)=O. The molecule has 5 rings (SSSR count). The van der Waals surface area contributed by atoms with E-state index in [9.17, 15) is 24.6 Å². The topological polar surface area (TPSA) is 178 Å². The number of aromatic nitrogens is 4. The fourth-order valence-corrected chi connectivity index (χ4v) is 5.77. The lowest BCUT2D eigenvalue weighted by Crippen LogP contribution is -2.27. The zero-order valence-electron chi connectivity index (χ0n) is 28.2. The maximum absolute atomic E-state index is 11.5. The van der Waals surface area contributed by atoms with Gasteiger partial charge < -0.3 is 30.8 Å². The first-order chi connectivity index (χ1) is 22.7. The Balaban J connectivity index is 0.000000794. The quantitative estimate of drug-likeness (QED) is 0.168. The van der Waals surface area contributed by atoms with Gasteiger partial charge in [-0.1, -0.05) is 25.3 Å². The van der Waals surface area contributed by atoms with E-state index in [1.165, 1.54) is 4.90 Å². The van der Waals surface area contributed by atoms with Gasteiger partial charge in [0.05, 0.1) is 22.8 Å². The molecule has 0 aliphatic carbocycles. The second-order valence-corrected chi connectivity index (χ2v) is 12.0. The summed E-state index contributed by atoms with van der Waals surface area (Å²) in [6.07, 6.45) is 4.20. The maximum Gasteiger partial charge on any atom is 0.314 e. The first-order valence-electron chi connectivity index (χ1n) is 15.5. The Kier molecular flexibility index (Phi) is 10.5. The molecule has 2 aliphatic heterocycles. The van der Waals surface area contributed by atoms with Crippen LogP contribution in [-0.4, -0.2) is 67.1 Å². The van der Waals surface area contributed by atoms with Crippen LogP contribution in [0.1, 0.15) is 84.6 Å². The van der Waals surface area contributed by atoms with Crippen LogP contribution in [0.3, 0.4) is 0 Å². The molecule has 6 N–H and O–H groups in total. The van der Waals surface area contributed by atoms with Gasteiger partial charge in [-0.3, -0.25) is 9.59 Å². The van der Waals surface area contributed by atoms with Crippen LogP contribution in [0.15, 0.2) is 37.4 Å². The average molecular weight is 651 g/mol. The van der Waals surface area contributed by atoms with Crippen LogP contribution in [0.25, 0.3) is 56.5 Å². The Hall–Kier alpha value is -5.71. The van der Waals surface area contributed by atoms with E-state index in [-0.39, 0.29) is 12.8 Å². The lowest BCUT2D eigenvalue weighted by molar-refractivity contribution is -0.137. The van der Waals surface area contributed by atoms with Crippen molar-refractivity contribution in [1.29, 1.82) is 0 Å². The van der Waals surface area contributed by atoms with Crippen LogP contribution in [-0.2, 0) is 9.59 Å². The van der Waals surface area contributed by atoms with Crippen molar-refractivity contribution in [3.63, 3.8) is 0 Å². The van der Waals surface area contributed by atoms with Crippen molar-refractivity contribution in [2.45, 2.75) is 53.4 Å². The summed E-state index contributed by atoms with van der Waals surface area (Å²) in [7, 11) is 3.20. The first-order valence-corrected chi connectivity index (χ1v) is 15.5. The lowest BCUT2D eigenvalue weighted by Gasteiger charge is -2.05. The number of aromatic amines is 2. The van der Waals surface area contributed by atoms with E-state index in [4.69, 9.17) is 15.7 Å². The molecule has 0 atom stereocenters. The summed E-state index contributed by atoms with van der Waals surface area (Å²) < 4.78 is 0. The molecule has 11 nitrogen and oxygen atoms in total. The number of nitrogens with one attached hydrogen (secondary N) is 2. The molecule has 0 spiro atoms. The number of rotatable bonds is 8. The van der Waals surface area contributed by atoms with Crippen molar-refractivity contribution in [2.24, 2.45) is 5.73 Å². The monoisotopic (exact) mass is 650 g/mol. The van der Waals surface area contributed by atoms with Crippen molar-refractivity contribution in [3.05, 3.63) is 82.5 Å². The van der Waals surface area contributed by atoms with E-state index in [2.05, 4.69) is 29.2 Å². The summed E-state index contributed by atoms with van der Waals surface area (Å²) in [6, 6.07) is 7.47. The van der Waals surface area contributed by atoms with Crippen molar-refractivity contribution < 1.29 is 24.6 Å². The second kappa shape index (κ2) is 14.4. The molecule has 250 valence electrons. The van der Waals surface area contributed by atoms with E-state index in [1.807, 2.05) is 58.0 Å². The van der Waals surface area contributed by atoms with Crippen molar-refractivity contribution in [2.75, 3.05) is 14.1 Å². The number of amides is 2. The number of primary amides is 1. The van der Waals surface area contributed by atoms with Crippen LogP contribution in [0.5, 0.6) is 0 Å². The van der Waals surface area contributed by atoms with Crippen molar-refractivity contribution in [3.8, 4) is 0 Å². The summed E-state index contributed by atoms with van der Waals surface area (Å²) >= 11 is 0. The molecule has 5 heterocycles. The highest BCUT2D eigenvalue weighted by molar-refractivity contribution is 5.97. The molecule has 0 unspecified atom stereocenters. The van der Waals surface area contributed by atoms with E-state index < -0.39 is 18.0 Å². The summed E-state index contributed by atoms with van der Waals surface area (Å²) in [5.41, 5.74) is 18.4. The fourth-order valence-electron chi connectivity index (χ4n) is 5.77. The smallest absolute Gasteiger partial charge is 0.314 e. The third kappa shape index (κ3) is 7.30. The van der Waals surface area contributed by atoms with Crippen LogP contribution >= 0.6 is 0 Å². The summed E-state index contributed by atoms with van der Waals surface area (Å²) in [4.78, 5) is 51.2. The second-order valence-electron chi connectivity index (χ2n) is 12.0. The molecule has 11 heteroatoms. The highest BCUT2D eigenvalue weighted by atomic mass is 16.4. The minimum Gasteiger partial charge on any atom is -0.481 e. The van der Waals surface area contributed by atoms with Crippen molar-refractivity contribution in [1.82, 2.24) is 24.8 Å². The summed E-state index contributed by atoms with van der Waals surface area (Å²) in [6.45, 7) is 16.1. The molecule has 48 heavy (non-hydrogen) atoms. The van der Waals surface area contributed by atoms with Gasteiger partial charge in [-0.05, 0) is 98.2 Å². The maximum atomic E-state index is 11.5. The van der Waals surface area contributed by atoms with Gasteiger partial charge in [0.15, 0.2) is 0 Å². The zero-order chi connectivity index (χ0) is 35.4.